The number of nitrogens with zero attached hydrogens (tertiary/aromatic N) is 2. The van der Waals surface area contributed by atoms with Gasteiger partial charge in [-0.05, 0) is 12.1 Å². The van der Waals surface area contributed by atoms with Crippen LogP contribution in [0, 0.1) is 0 Å². The first-order valence-electron chi connectivity index (χ1n) is 5.30. The number of hydrogen-bond acceptors (Lipinski definition) is 3. The molecule has 0 radical (unpaired) electrons. The van der Waals surface area contributed by atoms with E-state index >= 15 is 0 Å². The van der Waals surface area contributed by atoms with Crippen LogP contribution < -0.4 is 5.73 Å². The fourth-order valence-electron chi connectivity index (χ4n) is 1.41. The van der Waals surface area contributed by atoms with Gasteiger partial charge in [0.15, 0.2) is 0 Å². The summed E-state index contributed by atoms with van der Waals surface area (Å²) in [7, 11) is 0. The first-order valence-corrected chi connectivity index (χ1v) is 5.30. The molecule has 0 aliphatic rings. The third kappa shape index (κ3) is 1.97. The molecule has 3 N–H and O–H groups in total. The van der Waals surface area contributed by atoms with Gasteiger partial charge in [-0.2, -0.15) is 0 Å². The van der Waals surface area contributed by atoms with E-state index in [0.717, 1.165) is 17.2 Å². The molecule has 2 heterocycles. The summed E-state index contributed by atoms with van der Waals surface area (Å²) >= 11 is 0. The molecular weight excluding hydrogens is 200 g/mol. The summed E-state index contributed by atoms with van der Waals surface area (Å²) in [6.45, 7) is 4.68. The Morgan fingerprint density at radius 1 is 1.31 bits per heavy atom. The number of nitrogens with one attached hydrogen (secondary N) is 1. The molecule has 0 aliphatic heterocycles. The van der Waals surface area contributed by atoms with Gasteiger partial charge in [0.05, 0.1) is 17.6 Å². The van der Waals surface area contributed by atoms with Gasteiger partial charge in [-0.25, -0.2) is 4.98 Å². The van der Waals surface area contributed by atoms with Crippen molar-refractivity contribution in [2.45, 2.75) is 19.3 Å². The minimum Gasteiger partial charge on any atom is -0.340 e. The summed E-state index contributed by atoms with van der Waals surface area (Å²) in [6, 6.07) is 5.80. The average Bonchev–Trinajstić information content (AvgIpc) is 2.80. The van der Waals surface area contributed by atoms with E-state index in [4.69, 9.17) is 5.73 Å². The van der Waals surface area contributed by atoms with Crippen molar-refractivity contribution in [3.8, 4) is 11.4 Å². The molecule has 2 rings (SSSR count). The Bertz CT molecular complexity index is 459. The molecule has 0 amide bonds. The van der Waals surface area contributed by atoms with Gasteiger partial charge in [-0.1, -0.05) is 19.9 Å². The van der Waals surface area contributed by atoms with Crippen molar-refractivity contribution >= 4 is 0 Å². The summed E-state index contributed by atoms with van der Waals surface area (Å²) in [5.41, 5.74) is 7.40. The number of pyridine rings is 1. The zero-order valence-electron chi connectivity index (χ0n) is 9.57. The Balaban J connectivity index is 2.34. The number of H-pyrrole nitrogens is 1. The first kappa shape index (κ1) is 10.8. The van der Waals surface area contributed by atoms with E-state index in [1.807, 2.05) is 18.2 Å². The summed E-state index contributed by atoms with van der Waals surface area (Å²) in [4.78, 5) is 11.9. The molecule has 4 nitrogen and oxygen atoms in total. The highest BCUT2D eigenvalue weighted by Gasteiger charge is 2.22. The van der Waals surface area contributed by atoms with Crippen LogP contribution in [0.2, 0.25) is 0 Å². The van der Waals surface area contributed by atoms with Gasteiger partial charge < -0.3 is 10.7 Å². The second-order valence-corrected chi connectivity index (χ2v) is 4.45. The summed E-state index contributed by atoms with van der Waals surface area (Å²) in [6.07, 6.45) is 3.57. The predicted molar refractivity (Wildman–Crippen MR) is 63.9 cm³/mol. The van der Waals surface area contributed by atoms with Crippen molar-refractivity contribution in [3.63, 3.8) is 0 Å². The van der Waals surface area contributed by atoms with Crippen LogP contribution in [0.1, 0.15) is 19.7 Å². The van der Waals surface area contributed by atoms with Crippen molar-refractivity contribution in [1.29, 1.82) is 0 Å². The van der Waals surface area contributed by atoms with E-state index in [1.54, 1.807) is 12.4 Å². The lowest BCUT2D eigenvalue weighted by Crippen LogP contribution is -2.29. The number of aromatic nitrogens is 3. The lowest BCUT2D eigenvalue weighted by molar-refractivity contribution is 0.508. The lowest BCUT2D eigenvalue weighted by Gasteiger charge is -2.18. The smallest absolute Gasteiger partial charge is 0.113 e. The Morgan fingerprint density at radius 2 is 2.12 bits per heavy atom. The highest BCUT2D eigenvalue weighted by Crippen LogP contribution is 2.21. The van der Waals surface area contributed by atoms with Crippen molar-refractivity contribution in [2.75, 3.05) is 6.54 Å². The molecule has 2 aromatic rings. The zero-order valence-corrected chi connectivity index (χ0v) is 9.57. The van der Waals surface area contributed by atoms with Gasteiger partial charge >= 0.3 is 0 Å². The fourth-order valence-corrected chi connectivity index (χ4v) is 1.41. The molecule has 2 aromatic heterocycles. The van der Waals surface area contributed by atoms with Gasteiger partial charge in [0, 0.05) is 18.2 Å². The Morgan fingerprint density at radius 3 is 2.75 bits per heavy atom. The molecule has 16 heavy (non-hydrogen) atoms. The van der Waals surface area contributed by atoms with Gasteiger partial charge in [0.1, 0.15) is 5.82 Å². The SMILES string of the molecule is CC(C)(CN)c1ncc(-c2ccccn2)[nH]1. The van der Waals surface area contributed by atoms with E-state index in [2.05, 4.69) is 28.8 Å². The molecule has 0 aromatic carbocycles. The summed E-state index contributed by atoms with van der Waals surface area (Å²) in [5.74, 6) is 0.899. The summed E-state index contributed by atoms with van der Waals surface area (Å²) < 4.78 is 0. The maximum absolute atomic E-state index is 5.71. The van der Waals surface area contributed by atoms with E-state index in [9.17, 15) is 0 Å². The molecular formula is C12H16N4. The van der Waals surface area contributed by atoms with E-state index in [-0.39, 0.29) is 5.41 Å². The van der Waals surface area contributed by atoms with Crippen LogP contribution in [-0.4, -0.2) is 21.5 Å². The lowest BCUT2D eigenvalue weighted by atomic mass is 9.93. The van der Waals surface area contributed by atoms with E-state index in [1.165, 1.54) is 0 Å². The Labute approximate surface area is 94.9 Å². The highest BCUT2D eigenvalue weighted by molar-refractivity contribution is 5.52. The van der Waals surface area contributed by atoms with Crippen LogP contribution >= 0.6 is 0 Å². The Kier molecular flexibility index (Phi) is 2.75. The number of hydrogen-bond donors (Lipinski definition) is 2. The van der Waals surface area contributed by atoms with Gasteiger partial charge in [0.2, 0.25) is 0 Å². The molecule has 84 valence electrons. The van der Waals surface area contributed by atoms with Crippen molar-refractivity contribution < 1.29 is 0 Å². The quantitative estimate of drug-likeness (QED) is 0.820. The average molecular weight is 216 g/mol. The minimum atomic E-state index is -0.132. The number of imidazole rings is 1. The van der Waals surface area contributed by atoms with Gasteiger partial charge in [-0.3, -0.25) is 4.98 Å². The van der Waals surface area contributed by atoms with Crippen LogP contribution in [-0.2, 0) is 5.41 Å². The zero-order chi connectivity index (χ0) is 11.6. The van der Waals surface area contributed by atoms with Crippen LogP contribution in [0.4, 0.5) is 0 Å². The maximum Gasteiger partial charge on any atom is 0.113 e. The standard InChI is InChI=1S/C12H16N4/c1-12(2,8-13)11-15-7-10(16-11)9-5-3-4-6-14-9/h3-7H,8,13H2,1-2H3,(H,15,16). The van der Waals surface area contributed by atoms with E-state index < -0.39 is 0 Å². The number of aromatic amines is 1. The third-order valence-electron chi connectivity index (χ3n) is 2.67. The molecule has 0 aliphatic carbocycles. The third-order valence-corrected chi connectivity index (χ3v) is 2.67. The van der Waals surface area contributed by atoms with Gasteiger partial charge in [0.25, 0.3) is 0 Å². The first-order chi connectivity index (χ1) is 7.63. The molecule has 0 saturated heterocycles. The van der Waals surface area contributed by atoms with Crippen LogP contribution in [0.25, 0.3) is 11.4 Å². The molecule has 0 fully saturated rings. The maximum atomic E-state index is 5.71. The van der Waals surface area contributed by atoms with Crippen LogP contribution in [0.5, 0.6) is 0 Å². The molecule has 0 bridgehead atoms. The van der Waals surface area contributed by atoms with Crippen molar-refractivity contribution in [3.05, 3.63) is 36.4 Å². The van der Waals surface area contributed by atoms with Crippen molar-refractivity contribution in [1.82, 2.24) is 15.0 Å². The van der Waals surface area contributed by atoms with Crippen LogP contribution in [0.15, 0.2) is 30.6 Å². The second-order valence-electron chi connectivity index (χ2n) is 4.45. The molecule has 0 saturated carbocycles. The number of rotatable bonds is 3. The summed E-state index contributed by atoms with van der Waals surface area (Å²) in [5, 5.41) is 0. The van der Waals surface area contributed by atoms with Gasteiger partial charge in [-0.15, -0.1) is 0 Å². The molecule has 0 atom stereocenters. The second kappa shape index (κ2) is 4.06. The van der Waals surface area contributed by atoms with E-state index in [0.29, 0.717) is 6.54 Å². The number of nitrogens with two attached hydrogens (primary N) is 1. The minimum absolute atomic E-state index is 0.132. The monoisotopic (exact) mass is 216 g/mol. The normalized spacial score (nSPS) is 11.7. The van der Waals surface area contributed by atoms with Crippen molar-refractivity contribution in [2.24, 2.45) is 5.73 Å². The molecule has 0 spiro atoms. The predicted octanol–water partition coefficient (Wildman–Crippen LogP) is 1.71. The topological polar surface area (TPSA) is 67.6 Å². The highest BCUT2D eigenvalue weighted by atomic mass is 15.0. The van der Waals surface area contributed by atoms with Crippen LogP contribution in [0.3, 0.4) is 0 Å². The molecule has 4 heteroatoms. The fraction of sp³-hybridized carbons (Fsp3) is 0.333. The Hall–Kier alpha value is -1.68. The molecule has 0 unspecified atom stereocenters. The largest absolute Gasteiger partial charge is 0.340 e.